The van der Waals surface area contributed by atoms with Crippen LogP contribution in [0.5, 0.6) is 0 Å². The third kappa shape index (κ3) is 6.04. The van der Waals surface area contributed by atoms with Crippen LogP contribution >= 0.6 is 0 Å². The highest BCUT2D eigenvalue weighted by Crippen LogP contribution is 2.38. The van der Waals surface area contributed by atoms with E-state index in [1.54, 1.807) is 0 Å². The molecule has 8 aromatic carbocycles. The lowest BCUT2D eigenvalue weighted by Gasteiger charge is -2.12. The third-order valence-electron chi connectivity index (χ3n) is 11.8. The van der Waals surface area contributed by atoms with E-state index in [2.05, 4.69) is 161 Å². The molecule has 4 aromatic heterocycles. The Bertz CT molecular complexity index is 3570. The number of fused-ring (bicyclic) bond motifs is 6. The first-order chi connectivity index (χ1) is 30.7. The van der Waals surface area contributed by atoms with Crippen molar-refractivity contribution < 1.29 is 0 Å². The molecule has 62 heavy (non-hydrogen) atoms. The second kappa shape index (κ2) is 14.7. The molecule has 0 unspecified atom stereocenters. The topological polar surface area (TPSA) is 61.4 Å². The Labute approximate surface area is 357 Å². The average Bonchev–Trinajstić information content (AvgIpc) is 3.87. The van der Waals surface area contributed by atoms with E-state index in [0.717, 1.165) is 55.8 Å². The lowest BCUT2D eigenvalue weighted by molar-refractivity contribution is 1.06. The fourth-order valence-corrected chi connectivity index (χ4v) is 8.91. The van der Waals surface area contributed by atoms with Gasteiger partial charge in [-0.15, -0.1) is 0 Å². The SMILES string of the molecule is c1ccc(-c2nc(-c3ccccc3)nc(-c3cc(-c4ccc5c6ccccc6n(-c6cccc(-c7ccc8c9ccccc9n(-c9ccccc9)c8c7)c6)c5c4)ccn3)n2)cc1. The largest absolute Gasteiger partial charge is 0.309 e. The monoisotopic (exact) mass is 792 g/mol. The second-order valence-corrected chi connectivity index (χ2v) is 15.5. The molecule has 0 aliphatic carbocycles. The van der Waals surface area contributed by atoms with Crippen LogP contribution in [0.25, 0.3) is 112 Å². The number of para-hydroxylation sites is 3. The Morgan fingerprint density at radius 3 is 1.31 bits per heavy atom. The molecule has 0 saturated carbocycles. The van der Waals surface area contributed by atoms with Crippen LogP contribution < -0.4 is 0 Å². The van der Waals surface area contributed by atoms with Gasteiger partial charge in [0.25, 0.3) is 0 Å². The van der Waals surface area contributed by atoms with Crippen molar-refractivity contribution in [2.75, 3.05) is 0 Å². The van der Waals surface area contributed by atoms with E-state index < -0.39 is 0 Å². The van der Waals surface area contributed by atoms with Crippen LogP contribution in [0, 0.1) is 0 Å². The Morgan fingerprint density at radius 2 is 0.710 bits per heavy atom. The van der Waals surface area contributed by atoms with Crippen LogP contribution in [0.4, 0.5) is 0 Å². The molecule has 0 N–H and O–H groups in total. The minimum Gasteiger partial charge on any atom is -0.309 e. The quantitative estimate of drug-likeness (QED) is 0.161. The Morgan fingerprint density at radius 1 is 0.274 bits per heavy atom. The maximum atomic E-state index is 4.96. The highest BCUT2D eigenvalue weighted by Gasteiger charge is 2.18. The van der Waals surface area contributed by atoms with Crippen LogP contribution in [-0.2, 0) is 0 Å². The van der Waals surface area contributed by atoms with Crippen molar-refractivity contribution in [3.05, 3.63) is 219 Å². The molecule has 0 spiro atoms. The zero-order chi connectivity index (χ0) is 41.0. The van der Waals surface area contributed by atoms with Crippen molar-refractivity contribution in [1.29, 1.82) is 0 Å². The molecule has 0 saturated heterocycles. The fraction of sp³-hybridized carbons (Fsp3) is 0. The van der Waals surface area contributed by atoms with Gasteiger partial charge in [-0.2, -0.15) is 0 Å². The second-order valence-electron chi connectivity index (χ2n) is 15.5. The van der Waals surface area contributed by atoms with Gasteiger partial charge in [0, 0.05) is 50.2 Å². The molecule has 4 heterocycles. The Kier molecular flexibility index (Phi) is 8.38. The number of hydrogen-bond donors (Lipinski definition) is 0. The highest BCUT2D eigenvalue weighted by molar-refractivity contribution is 6.11. The molecule has 6 nitrogen and oxygen atoms in total. The van der Waals surface area contributed by atoms with Gasteiger partial charge in [0.05, 0.1) is 22.1 Å². The molecule has 0 aliphatic rings. The van der Waals surface area contributed by atoms with Crippen LogP contribution in [0.2, 0.25) is 0 Å². The predicted molar refractivity (Wildman–Crippen MR) is 253 cm³/mol. The van der Waals surface area contributed by atoms with Crippen molar-refractivity contribution in [2.45, 2.75) is 0 Å². The smallest absolute Gasteiger partial charge is 0.182 e. The molecule has 12 rings (SSSR count). The number of aromatic nitrogens is 6. The van der Waals surface area contributed by atoms with Gasteiger partial charge in [-0.05, 0) is 82.9 Å². The lowest BCUT2D eigenvalue weighted by atomic mass is 10.0. The van der Waals surface area contributed by atoms with Crippen LogP contribution in [-0.4, -0.2) is 29.1 Å². The Hall–Kier alpha value is -8.48. The molecule has 0 fully saturated rings. The molecule has 0 amide bonds. The van der Waals surface area contributed by atoms with Gasteiger partial charge in [0.15, 0.2) is 17.5 Å². The molecular formula is C56H36N6. The van der Waals surface area contributed by atoms with Gasteiger partial charge >= 0.3 is 0 Å². The molecule has 12 aromatic rings. The first-order valence-corrected chi connectivity index (χ1v) is 20.8. The minimum atomic E-state index is 0.522. The number of rotatable bonds is 7. The van der Waals surface area contributed by atoms with E-state index in [9.17, 15) is 0 Å². The number of benzene rings is 8. The van der Waals surface area contributed by atoms with Crippen molar-refractivity contribution in [1.82, 2.24) is 29.1 Å². The summed E-state index contributed by atoms with van der Waals surface area (Å²) in [6.07, 6.45) is 1.84. The molecule has 0 aliphatic heterocycles. The maximum absolute atomic E-state index is 4.96. The molecule has 6 heteroatoms. The summed E-state index contributed by atoms with van der Waals surface area (Å²) in [6, 6.07) is 74.7. The summed E-state index contributed by atoms with van der Waals surface area (Å²) in [5.41, 5.74) is 13.8. The number of nitrogens with zero attached hydrogens (tertiary/aromatic N) is 6. The summed E-state index contributed by atoms with van der Waals surface area (Å²) in [5.74, 6) is 1.73. The standard InChI is InChI=1S/C56H36N6/c1-4-15-37(16-5-1)54-58-55(38-17-6-2-7-18-38)60-56(59-54)49-34-42(31-32-57-49)41-28-30-48-46-24-11-13-26-51(46)62(53(48)36-41)44-22-14-19-39(33-44)40-27-29-47-45-23-10-12-25-50(45)61(52(47)35-40)43-20-8-3-9-21-43/h1-36H. The highest BCUT2D eigenvalue weighted by atomic mass is 15.0. The van der Waals surface area contributed by atoms with Gasteiger partial charge < -0.3 is 9.13 Å². The zero-order valence-electron chi connectivity index (χ0n) is 33.5. The first-order valence-electron chi connectivity index (χ1n) is 20.8. The Balaban J connectivity index is 0.978. The maximum Gasteiger partial charge on any atom is 0.182 e. The number of pyridine rings is 1. The summed E-state index contributed by atoms with van der Waals surface area (Å²) < 4.78 is 4.77. The van der Waals surface area contributed by atoms with E-state index in [1.165, 1.54) is 32.6 Å². The zero-order valence-corrected chi connectivity index (χ0v) is 33.5. The first kappa shape index (κ1) is 35.5. The molecule has 0 atom stereocenters. The van der Waals surface area contributed by atoms with Gasteiger partial charge in [-0.3, -0.25) is 4.98 Å². The van der Waals surface area contributed by atoms with Crippen molar-refractivity contribution in [3.8, 4) is 67.9 Å². The van der Waals surface area contributed by atoms with E-state index in [0.29, 0.717) is 23.2 Å². The lowest BCUT2D eigenvalue weighted by Crippen LogP contribution is -2.01. The predicted octanol–water partition coefficient (Wildman–Crippen LogP) is 13.8. The van der Waals surface area contributed by atoms with Crippen molar-refractivity contribution in [2.24, 2.45) is 0 Å². The molecule has 0 bridgehead atoms. The van der Waals surface area contributed by atoms with Crippen molar-refractivity contribution in [3.63, 3.8) is 0 Å². The summed E-state index contributed by atoms with van der Waals surface area (Å²) in [4.78, 5) is 19.6. The van der Waals surface area contributed by atoms with E-state index in [4.69, 9.17) is 19.9 Å². The normalized spacial score (nSPS) is 11.5. The van der Waals surface area contributed by atoms with Gasteiger partial charge in [-0.25, -0.2) is 15.0 Å². The van der Waals surface area contributed by atoms with E-state index >= 15 is 0 Å². The van der Waals surface area contributed by atoms with Crippen LogP contribution in [0.15, 0.2) is 219 Å². The van der Waals surface area contributed by atoms with E-state index in [-0.39, 0.29) is 0 Å². The van der Waals surface area contributed by atoms with Gasteiger partial charge in [-0.1, -0.05) is 152 Å². The van der Waals surface area contributed by atoms with Crippen LogP contribution in [0.1, 0.15) is 0 Å². The van der Waals surface area contributed by atoms with Gasteiger partial charge in [0.2, 0.25) is 0 Å². The molecular weight excluding hydrogens is 757 g/mol. The summed E-state index contributed by atoms with van der Waals surface area (Å²) in [5, 5.41) is 4.88. The van der Waals surface area contributed by atoms with Crippen LogP contribution in [0.3, 0.4) is 0 Å². The third-order valence-corrected chi connectivity index (χ3v) is 11.8. The summed E-state index contributed by atoms with van der Waals surface area (Å²) in [6.45, 7) is 0. The molecule has 290 valence electrons. The summed E-state index contributed by atoms with van der Waals surface area (Å²) >= 11 is 0. The molecule has 0 radical (unpaired) electrons. The number of hydrogen-bond acceptors (Lipinski definition) is 4. The van der Waals surface area contributed by atoms with E-state index in [1.807, 2.05) is 66.9 Å². The van der Waals surface area contributed by atoms with Gasteiger partial charge in [0.1, 0.15) is 5.69 Å². The van der Waals surface area contributed by atoms with Crippen molar-refractivity contribution >= 4 is 43.6 Å². The fourth-order valence-electron chi connectivity index (χ4n) is 8.91. The average molecular weight is 793 g/mol. The summed E-state index contributed by atoms with van der Waals surface area (Å²) in [7, 11) is 0. The minimum absolute atomic E-state index is 0.522.